The molecule has 0 aliphatic heterocycles. The quantitative estimate of drug-likeness (QED) is 0.560. The van der Waals surface area contributed by atoms with Crippen molar-refractivity contribution in [2.75, 3.05) is 13.2 Å². The molecule has 0 saturated carbocycles. The van der Waals surface area contributed by atoms with Gasteiger partial charge in [0.1, 0.15) is 0 Å². The molecule has 0 aromatic carbocycles. The van der Waals surface area contributed by atoms with Gasteiger partial charge in [-0.1, -0.05) is 34.6 Å². The van der Waals surface area contributed by atoms with Gasteiger partial charge in [-0.05, 0) is 30.8 Å². The number of hydrogen-bond donors (Lipinski definition) is 0. The topological polar surface area (TPSA) is 18.5 Å². The summed E-state index contributed by atoms with van der Waals surface area (Å²) in [6.45, 7) is 12.7. The molecule has 0 heterocycles. The molecule has 0 radical (unpaired) electrons. The average Bonchev–Trinajstić information content (AvgIpc) is 2.22. The van der Waals surface area contributed by atoms with Crippen molar-refractivity contribution >= 4 is 8.56 Å². The Morgan fingerprint density at radius 2 is 1.40 bits per heavy atom. The third-order valence-electron chi connectivity index (χ3n) is 2.40. The number of rotatable bonds is 9. The zero-order valence-corrected chi connectivity index (χ0v) is 12.1. The van der Waals surface area contributed by atoms with Crippen LogP contribution in [0.25, 0.3) is 0 Å². The van der Waals surface area contributed by atoms with E-state index in [1.165, 1.54) is 0 Å². The van der Waals surface area contributed by atoms with Crippen molar-refractivity contribution in [2.45, 2.75) is 59.5 Å². The molecule has 0 N–H and O–H groups in total. The molecule has 3 heteroatoms. The minimum atomic E-state index is -1.87. The van der Waals surface area contributed by atoms with Gasteiger partial charge in [-0.25, -0.2) is 0 Å². The lowest BCUT2D eigenvalue weighted by Crippen LogP contribution is -2.43. The molecule has 0 bridgehead atoms. The van der Waals surface area contributed by atoms with Crippen molar-refractivity contribution in [2.24, 2.45) is 5.92 Å². The van der Waals surface area contributed by atoms with Crippen LogP contribution >= 0.6 is 0 Å². The smallest absolute Gasteiger partial charge is 0.338 e. The van der Waals surface area contributed by atoms with E-state index in [0.717, 1.165) is 38.1 Å². The Morgan fingerprint density at radius 1 is 0.933 bits per heavy atom. The Bertz CT molecular complexity index is 141. The maximum absolute atomic E-state index is 6.06. The summed E-state index contributed by atoms with van der Waals surface area (Å²) in [6.07, 6.45) is 2.17. The van der Waals surface area contributed by atoms with Crippen molar-refractivity contribution in [3.05, 3.63) is 0 Å². The van der Waals surface area contributed by atoms with Gasteiger partial charge in [0.2, 0.25) is 0 Å². The second-order valence-corrected chi connectivity index (χ2v) is 8.07. The molecule has 0 aromatic heterocycles. The summed E-state index contributed by atoms with van der Waals surface area (Å²) >= 11 is 0. The van der Waals surface area contributed by atoms with Crippen LogP contribution in [0.1, 0.15) is 47.5 Å². The number of hydrogen-bond acceptors (Lipinski definition) is 2. The standard InChI is InChI=1S/C12H28O2Si/c1-6-9-13-15(8-3,11-12(4)5)14-10-7-2/h12H,6-11H2,1-5H3. The molecule has 0 saturated heterocycles. The Morgan fingerprint density at radius 3 is 1.67 bits per heavy atom. The summed E-state index contributed by atoms with van der Waals surface area (Å²) in [5.41, 5.74) is 0. The second-order valence-electron chi connectivity index (χ2n) is 4.56. The largest absolute Gasteiger partial charge is 0.394 e. The molecule has 0 rings (SSSR count). The Kier molecular flexibility index (Phi) is 8.38. The molecular formula is C12H28O2Si. The van der Waals surface area contributed by atoms with E-state index in [1.807, 2.05) is 0 Å². The van der Waals surface area contributed by atoms with Crippen LogP contribution in [0.3, 0.4) is 0 Å². The lowest BCUT2D eigenvalue weighted by Gasteiger charge is -2.31. The first kappa shape index (κ1) is 15.1. The predicted molar refractivity (Wildman–Crippen MR) is 68.4 cm³/mol. The highest BCUT2D eigenvalue weighted by Crippen LogP contribution is 2.24. The lowest BCUT2D eigenvalue weighted by molar-refractivity contribution is 0.164. The Labute approximate surface area is 96.6 Å². The fraction of sp³-hybridized carbons (Fsp3) is 1.00. The summed E-state index contributed by atoms with van der Waals surface area (Å²) in [5.74, 6) is 0.672. The molecule has 92 valence electrons. The van der Waals surface area contributed by atoms with Gasteiger partial charge in [0.15, 0.2) is 0 Å². The second kappa shape index (κ2) is 8.31. The van der Waals surface area contributed by atoms with E-state index in [4.69, 9.17) is 8.85 Å². The van der Waals surface area contributed by atoms with E-state index < -0.39 is 8.56 Å². The summed E-state index contributed by atoms with van der Waals surface area (Å²) < 4.78 is 12.1. The van der Waals surface area contributed by atoms with Crippen LogP contribution in [-0.4, -0.2) is 21.8 Å². The zero-order valence-electron chi connectivity index (χ0n) is 11.1. The molecular weight excluding hydrogens is 204 g/mol. The molecule has 0 aliphatic carbocycles. The highest BCUT2D eigenvalue weighted by molar-refractivity contribution is 6.67. The Hall–Kier alpha value is 0.137. The van der Waals surface area contributed by atoms with Crippen LogP contribution in [0, 0.1) is 5.92 Å². The van der Waals surface area contributed by atoms with Crippen LogP contribution in [0.5, 0.6) is 0 Å². The van der Waals surface area contributed by atoms with Gasteiger partial charge in [-0.3, -0.25) is 0 Å². The fourth-order valence-electron chi connectivity index (χ4n) is 1.71. The van der Waals surface area contributed by atoms with Crippen molar-refractivity contribution < 1.29 is 8.85 Å². The monoisotopic (exact) mass is 232 g/mol. The van der Waals surface area contributed by atoms with Gasteiger partial charge in [0.25, 0.3) is 0 Å². The molecule has 2 nitrogen and oxygen atoms in total. The van der Waals surface area contributed by atoms with E-state index in [9.17, 15) is 0 Å². The summed E-state index contributed by atoms with van der Waals surface area (Å²) in [5, 5.41) is 0. The first-order valence-corrected chi connectivity index (χ1v) is 8.61. The van der Waals surface area contributed by atoms with Crippen LogP contribution in [0.4, 0.5) is 0 Å². The van der Waals surface area contributed by atoms with E-state index in [2.05, 4.69) is 34.6 Å². The maximum atomic E-state index is 6.06. The third-order valence-corrected chi connectivity index (χ3v) is 6.37. The first-order chi connectivity index (χ1) is 7.10. The molecule has 0 amide bonds. The van der Waals surface area contributed by atoms with Crippen LogP contribution in [0.15, 0.2) is 0 Å². The van der Waals surface area contributed by atoms with Crippen LogP contribution < -0.4 is 0 Å². The fourth-order valence-corrected chi connectivity index (χ4v) is 5.12. The van der Waals surface area contributed by atoms with Crippen molar-refractivity contribution in [1.29, 1.82) is 0 Å². The molecule has 0 spiro atoms. The van der Waals surface area contributed by atoms with E-state index in [1.54, 1.807) is 0 Å². The zero-order chi connectivity index (χ0) is 11.7. The van der Waals surface area contributed by atoms with Gasteiger partial charge < -0.3 is 8.85 Å². The van der Waals surface area contributed by atoms with E-state index in [-0.39, 0.29) is 0 Å². The van der Waals surface area contributed by atoms with Gasteiger partial charge in [0.05, 0.1) is 0 Å². The normalized spacial score (nSPS) is 12.4. The molecule has 0 fully saturated rings. The minimum absolute atomic E-state index is 0.672. The van der Waals surface area contributed by atoms with Crippen LogP contribution in [-0.2, 0) is 8.85 Å². The molecule has 15 heavy (non-hydrogen) atoms. The first-order valence-electron chi connectivity index (χ1n) is 6.38. The van der Waals surface area contributed by atoms with Crippen molar-refractivity contribution in [3.8, 4) is 0 Å². The molecule has 0 aliphatic rings. The predicted octanol–water partition coefficient (Wildman–Crippen LogP) is 3.96. The lowest BCUT2D eigenvalue weighted by atomic mass is 10.3. The molecule has 0 atom stereocenters. The van der Waals surface area contributed by atoms with Gasteiger partial charge in [-0.15, -0.1) is 0 Å². The van der Waals surface area contributed by atoms with E-state index >= 15 is 0 Å². The van der Waals surface area contributed by atoms with E-state index in [0.29, 0.717) is 5.92 Å². The van der Waals surface area contributed by atoms with Gasteiger partial charge >= 0.3 is 8.56 Å². The third kappa shape index (κ3) is 6.33. The van der Waals surface area contributed by atoms with Gasteiger partial charge in [0, 0.05) is 13.2 Å². The summed E-state index contributed by atoms with van der Waals surface area (Å²) in [6, 6.07) is 2.20. The minimum Gasteiger partial charge on any atom is -0.394 e. The highest BCUT2D eigenvalue weighted by atomic mass is 28.4. The molecule has 0 aromatic rings. The van der Waals surface area contributed by atoms with Crippen LogP contribution in [0.2, 0.25) is 12.1 Å². The average molecular weight is 232 g/mol. The summed E-state index contributed by atoms with van der Waals surface area (Å²) in [7, 11) is -1.87. The molecule has 0 unspecified atom stereocenters. The maximum Gasteiger partial charge on any atom is 0.338 e. The van der Waals surface area contributed by atoms with Crippen molar-refractivity contribution in [3.63, 3.8) is 0 Å². The summed E-state index contributed by atoms with van der Waals surface area (Å²) in [4.78, 5) is 0. The highest BCUT2D eigenvalue weighted by Gasteiger charge is 2.35. The van der Waals surface area contributed by atoms with Crippen molar-refractivity contribution in [1.82, 2.24) is 0 Å². The Balaban J connectivity index is 4.30. The van der Waals surface area contributed by atoms with Gasteiger partial charge in [-0.2, -0.15) is 0 Å². The SMILES string of the molecule is CCCO[Si](CC)(CC(C)C)OCCC.